The molecule has 118 valence electrons. The lowest BCUT2D eigenvalue weighted by molar-refractivity contribution is 0.0864. The number of fused-ring (bicyclic) bond motifs is 1. The molecule has 0 radical (unpaired) electrons. The summed E-state index contributed by atoms with van der Waals surface area (Å²) in [5.41, 5.74) is 2.07. The summed E-state index contributed by atoms with van der Waals surface area (Å²) >= 11 is 13.4. The molecule has 3 rings (SSSR count). The van der Waals surface area contributed by atoms with E-state index < -0.39 is 6.04 Å². The molecule has 1 aliphatic heterocycles. The molecule has 0 spiro atoms. The van der Waals surface area contributed by atoms with E-state index in [1.807, 2.05) is 25.1 Å². The summed E-state index contributed by atoms with van der Waals surface area (Å²) in [7, 11) is 0. The second-order valence-electron chi connectivity index (χ2n) is 5.33. The van der Waals surface area contributed by atoms with Gasteiger partial charge in [-0.25, -0.2) is 0 Å². The van der Waals surface area contributed by atoms with Crippen LogP contribution in [0.15, 0.2) is 41.3 Å². The van der Waals surface area contributed by atoms with Crippen LogP contribution in [0, 0.1) is 6.92 Å². The topological polar surface area (TPSA) is 46.2 Å². The fraction of sp³-hybridized carbons (Fsp3) is 0.176. The van der Waals surface area contributed by atoms with Crippen molar-refractivity contribution in [1.82, 2.24) is 5.32 Å². The van der Waals surface area contributed by atoms with Crippen molar-refractivity contribution in [2.75, 3.05) is 5.75 Å². The number of aryl methyl sites for hydroxylation is 1. The zero-order valence-corrected chi connectivity index (χ0v) is 14.6. The number of nitrogens with one attached hydrogen (secondary N) is 1. The van der Waals surface area contributed by atoms with Crippen molar-refractivity contribution < 1.29 is 9.59 Å². The normalized spacial score (nSPS) is 16.8. The molecule has 0 aromatic heterocycles. The van der Waals surface area contributed by atoms with Crippen LogP contribution in [0.3, 0.4) is 0 Å². The van der Waals surface area contributed by atoms with Crippen LogP contribution in [0.1, 0.15) is 26.3 Å². The number of amides is 1. The highest BCUT2D eigenvalue weighted by Crippen LogP contribution is 2.31. The van der Waals surface area contributed by atoms with E-state index in [-0.39, 0.29) is 11.7 Å². The molecule has 23 heavy (non-hydrogen) atoms. The maximum Gasteiger partial charge on any atom is 0.251 e. The monoisotopic (exact) mass is 365 g/mol. The molecular weight excluding hydrogens is 353 g/mol. The Hall–Kier alpha value is -1.49. The first-order chi connectivity index (χ1) is 11.0. The van der Waals surface area contributed by atoms with Crippen LogP contribution in [0.4, 0.5) is 0 Å². The van der Waals surface area contributed by atoms with Crippen LogP contribution in [0.5, 0.6) is 0 Å². The molecule has 0 aliphatic carbocycles. The van der Waals surface area contributed by atoms with Gasteiger partial charge in [-0.05, 0) is 37.3 Å². The third kappa shape index (κ3) is 3.39. The van der Waals surface area contributed by atoms with Crippen molar-refractivity contribution in [3.63, 3.8) is 0 Å². The number of thioether (sulfide) groups is 1. The lowest BCUT2D eigenvalue weighted by Crippen LogP contribution is -2.44. The van der Waals surface area contributed by atoms with E-state index in [2.05, 4.69) is 5.32 Å². The van der Waals surface area contributed by atoms with Crippen LogP contribution in [-0.2, 0) is 0 Å². The van der Waals surface area contributed by atoms with Gasteiger partial charge in [0.1, 0.15) is 6.04 Å². The zero-order valence-electron chi connectivity index (χ0n) is 12.2. The lowest BCUT2D eigenvalue weighted by atomic mass is 10.0. The minimum absolute atomic E-state index is 0.0594. The maximum atomic E-state index is 12.6. The maximum absolute atomic E-state index is 12.6. The van der Waals surface area contributed by atoms with Crippen molar-refractivity contribution in [3.8, 4) is 0 Å². The highest BCUT2D eigenvalue weighted by atomic mass is 35.5. The number of carbonyl (C=O) groups excluding carboxylic acids is 2. The van der Waals surface area contributed by atoms with Crippen molar-refractivity contribution in [2.24, 2.45) is 0 Å². The molecule has 1 atom stereocenters. The minimum Gasteiger partial charge on any atom is -0.341 e. The van der Waals surface area contributed by atoms with E-state index in [0.29, 0.717) is 26.9 Å². The molecule has 2 aromatic rings. The zero-order chi connectivity index (χ0) is 16.6. The van der Waals surface area contributed by atoms with E-state index in [0.717, 1.165) is 10.5 Å². The molecule has 0 saturated heterocycles. The summed E-state index contributed by atoms with van der Waals surface area (Å²) in [6.45, 7) is 1.94. The average molecular weight is 366 g/mol. The van der Waals surface area contributed by atoms with Crippen molar-refractivity contribution >= 4 is 46.7 Å². The second kappa shape index (κ2) is 6.56. The molecule has 0 bridgehead atoms. The van der Waals surface area contributed by atoms with E-state index in [1.165, 1.54) is 6.07 Å². The van der Waals surface area contributed by atoms with Gasteiger partial charge in [0.25, 0.3) is 5.91 Å². The first-order valence-electron chi connectivity index (χ1n) is 6.99. The van der Waals surface area contributed by atoms with Crippen molar-refractivity contribution in [1.29, 1.82) is 0 Å². The molecule has 3 nitrogen and oxygen atoms in total. The van der Waals surface area contributed by atoms with Crippen LogP contribution in [0.2, 0.25) is 10.0 Å². The van der Waals surface area contributed by atoms with E-state index in [1.54, 1.807) is 23.9 Å². The molecule has 1 heterocycles. The van der Waals surface area contributed by atoms with Crippen LogP contribution in [-0.4, -0.2) is 23.5 Å². The van der Waals surface area contributed by atoms with E-state index in [4.69, 9.17) is 23.2 Å². The predicted octanol–water partition coefficient (Wildman–Crippen LogP) is 4.39. The summed E-state index contributed by atoms with van der Waals surface area (Å²) in [6.07, 6.45) is 0. The van der Waals surface area contributed by atoms with Crippen molar-refractivity contribution in [3.05, 3.63) is 63.1 Å². The Labute approximate surface area is 148 Å². The number of hydrogen-bond acceptors (Lipinski definition) is 3. The molecule has 1 amide bonds. The third-order valence-electron chi connectivity index (χ3n) is 3.61. The Morgan fingerprint density at radius 3 is 2.70 bits per heavy atom. The molecular formula is C17H13Cl2NO2S. The van der Waals surface area contributed by atoms with Gasteiger partial charge in [0, 0.05) is 21.8 Å². The number of hydrogen-bond donors (Lipinski definition) is 1. The number of carbonyl (C=O) groups is 2. The van der Waals surface area contributed by atoms with Gasteiger partial charge >= 0.3 is 0 Å². The molecule has 1 N–H and O–H groups in total. The van der Waals surface area contributed by atoms with Crippen LogP contribution < -0.4 is 5.32 Å². The van der Waals surface area contributed by atoms with E-state index >= 15 is 0 Å². The molecule has 1 aliphatic rings. The highest BCUT2D eigenvalue weighted by molar-refractivity contribution is 7.99. The highest BCUT2D eigenvalue weighted by Gasteiger charge is 2.29. The van der Waals surface area contributed by atoms with Crippen molar-refractivity contribution in [2.45, 2.75) is 17.9 Å². The van der Waals surface area contributed by atoms with Gasteiger partial charge in [-0.3, -0.25) is 9.59 Å². The summed E-state index contributed by atoms with van der Waals surface area (Å²) in [5.74, 6) is 0.122. The Balaban J connectivity index is 1.79. The first kappa shape index (κ1) is 16.4. The average Bonchev–Trinajstić information content (AvgIpc) is 2.53. The number of halogens is 2. The Morgan fingerprint density at radius 2 is 1.96 bits per heavy atom. The van der Waals surface area contributed by atoms with Gasteiger partial charge in [0.15, 0.2) is 5.78 Å². The lowest BCUT2D eigenvalue weighted by Gasteiger charge is -2.24. The summed E-state index contributed by atoms with van der Waals surface area (Å²) in [4.78, 5) is 25.9. The van der Waals surface area contributed by atoms with Gasteiger partial charge in [-0.1, -0.05) is 34.8 Å². The van der Waals surface area contributed by atoms with Crippen LogP contribution in [0.25, 0.3) is 0 Å². The minimum atomic E-state index is -0.545. The van der Waals surface area contributed by atoms with E-state index in [9.17, 15) is 9.59 Å². The van der Waals surface area contributed by atoms with Crippen LogP contribution >= 0.6 is 35.0 Å². The van der Waals surface area contributed by atoms with Gasteiger partial charge in [-0.2, -0.15) is 0 Å². The molecule has 0 fully saturated rings. The summed E-state index contributed by atoms with van der Waals surface area (Å²) in [6, 6.07) is 9.89. The predicted molar refractivity (Wildman–Crippen MR) is 93.9 cm³/mol. The number of rotatable bonds is 2. The number of ketones is 1. The summed E-state index contributed by atoms with van der Waals surface area (Å²) < 4.78 is 0. The number of Topliss-reactive ketones (excluding diaryl/α,β-unsaturated/α-hetero) is 1. The Morgan fingerprint density at radius 1 is 1.17 bits per heavy atom. The SMILES string of the molecule is Cc1ccc2c(c1)C(=O)[C@H](NC(=O)c1ccc(Cl)c(Cl)c1)CS2. The van der Waals surface area contributed by atoms with Gasteiger partial charge in [0.2, 0.25) is 0 Å². The largest absolute Gasteiger partial charge is 0.341 e. The van der Waals surface area contributed by atoms with Gasteiger partial charge < -0.3 is 5.32 Å². The first-order valence-corrected chi connectivity index (χ1v) is 8.73. The molecule has 6 heteroatoms. The Kier molecular flexibility index (Phi) is 4.67. The number of benzene rings is 2. The quantitative estimate of drug-likeness (QED) is 0.858. The molecule has 2 aromatic carbocycles. The fourth-order valence-corrected chi connectivity index (χ4v) is 3.74. The smallest absolute Gasteiger partial charge is 0.251 e. The Bertz CT molecular complexity index is 807. The molecule has 0 unspecified atom stereocenters. The molecule has 0 saturated carbocycles. The standard InChI is InChI=1S/C17H13Cl2NO2S/c1-9-2-5-15-11(6-9)16(21)14(8-23-15)20-17(22)10-3-4-12(18)13(19)7-10/h2-7,14H,8H2,1H3,(H,20,22)/t14-/m1/s1. The van der Waals surface area contributed by atoms with Gasteiger partial charge in [0.05, 0.1) is 10.0 Å². The fourth-order valence-electron chi connectivity index (χ4n) is 2.38. The van der Waals surface area contributed by atoms with Gasteiger partial charge in [-0.15, -0.1) is 11.8 Å². The summed E-state index contributed by atoms with van der Waals surface area (Å²) in [5, 5.41) is 3.48. The third-order valence-corrected chi connectivity index (χ3v) is 5.52. The second-order valence-corrected chi connectivity index (χ2v) is 7.21.